The van der Waals surface area contributed by atoms with Crippen molar-refractivity contribution in [3.63, 3.8) is 0 Å². The molecule has 18 heavy (non-hydrogen) atoms. The highest BCUT2D eigenvalue weighted by molar-refractivity contribution is 7.17. The third-order valence-corrected chi connectivity index (χ3v) is 4.27. The maximum atomic E-state index is 13.4. The molecule has 2 aromatic heterocycles. The molecule has 0 fully saturated rings. The maximum Gasteiger partial charge on any atom is 0.194 e. The molecule has 0 aliphatic carbocycles. The molecule has 0 amide bonds. The van der Waals surface area contributed by atoms with Crippen molar-refractivity contribution in [3.05, 3.63) is 46.3 Å². The van der Waals surface area contributed by atoms with Crippen LogP contribution in [0.4, 0.5) is 4.39 Å². The lowest BCUT2D eigenvalue weighted by Gasteiger charge is -2.04. The third kappa shape index (κ3) is 1.56. The van der Waals surface area contributed by atoms with E-state index < -0.39 is 0 Å². The van der Waals surface area contributed by atoms with E-state index in [0.717, 1.165) is 21.9 Å². The lowest BCUT2D eigenvalue weighted by molar-refractivity contribution is 0.628. The Labute approximate surface area is 109 Å². The second kappa shape index (κ2) is 3.92. The summed E-state index contributed by atoms with van der Waals surface area (Å²) in [5.41, 5.74) is 3.98. The molecule has 0 radical (unpaired) electrons. The van der Waals surface area contributed by atoms with Crippen molar-refractivity contribution in [2.75, 3.05) is 0 Å². The smallest absolute Gasteiger partial charge is 0.194 e. The number of aromatic nitrogens is 2. The molecular weight excluding hydrogens is 247 g/mol. The maximum absolute atomic E-state index is 13.4. The zero-order valence-corrected chi connectivity index (χ0v) is 11.3. The third-order valence-electron chi connectivity index (χ3n) is 3.21. The van der Waals surface area contributed by atoms with Gasteiger partial charge in [0.2, 0.25) is 0 Å². The van der Waals surface area contributed by atoms with Gasteiger partial charge in [-0.25, -0.2) is 9.37 Å². The summed E-state index contributed by atoms with van der Waals surface area (Å²) in [5.74, 6) is -0.216. The van der Waals surface area contributed by atoms with Gasteiger partial charge in [0.25, 0.3) is 0 Å². The molecule has 0 N–H and O–H groups in total. The molecule has 3 aromatic rings. The summed E-state index contributed by atoms with van der Waals surface area (Å²) in [6, 6.07) is 6.68. The van der Waals surface area contributed by atoms with Crippen LogP contribution in [0.25, 0.3) is 16.2 Å². The molecule has 0 saturated carbocycles. The average Bonchev–Trinajstić information content (AvgIpc) is 2.76. The number of hydrogen-bond acceptors (Lipinski definition) is 2. The largest absolute Gasteiger partial charge is 0.287 e. The molecule has 1 aromatic carbocycles. The van der Waals surface area contributed by atoms with Gasteiger partial charge in [-0.05, 0) is 32.9 Å². The standard InChI is InChI=1S/C14H13FN2S/c1-8-13(11-5-4-6-12(15)7-11)17-9(2)10(3)18-14(17)16-8/h4-7H,1-3H3. The van der Waals surface area contributed by atoms with Crippen LogP contribution in [0.2, 0.25) is 0 Å². The highest BCUT2D eigenvalue weighted by atomic mass is 32.1. The molecular formula is C14H13FN2S. The van der Waals surface area contributed by atoms with Crippen LogP contribution in [0.15, 0.2) is 24.3 Å². The van der Waals surface area contributed by atoms with Gasteiger partial charge in [-0.1, -0.05) is 12.1 Å². The van der Waals surface area contributed by atoms with E-state index in [1.54, 1.807) is 23.5 Å². The molecule has 4 heteroatoms. The van der Waals surface area contributed by atoms with Crippen LogP contribution >= 0.6 is 11.3 Å². The van der Waals surface area contributed by atoms with Gasteiger partial charge in [-0.15, -0.1) is 11.3 Å². The molecule has 0 bridgehead atoms. The van der Waals surface area contributed by atoms with Gasteiger partial charge in [-0.2, -0.15) is 0 Å². The molecule has 0 aliphatic heterocycles. The molecule has 0 spiro atoms. The van der Waals surface area contributed by atoms with Crippen LogP contribution in [-0.4, -0.2) is 9.38 Å². The molecule has 0 atom stereocenters. The molecule has 0 saturated heterocycles. The van der Waals surface area contributed by atoms with Crippen molar-refractivity contribution >= 4 is 16.3 Å². The lowest BCUT2D eigenvalue weighted by atomic mass is 10.1. The minimum absolute atomic E-state index is 0.216. The number of nitrogens with zero attached hydrogens (tertiary/aromatic N) is 2. The summed E-state index contributed by atoms with van der Waals surface area (Å²) >= 11 is 1.67. The fourth-order valence-corrected chi connectivity index (χ4v) is 3.24. The van der Waals surface area contributed by atoms with Crippen LogP contribution in [0.5, 0.6) is 0 Å². The van der Waals surface area contributed by atoms with Gasteiger partial charge in [0.15, 0.2) is 4.96 Å². The molecule has 2 nitrogen and oxygen atoms in total. The van der Waals surface area contributed by atoms with E-state index >= 15 is 0 Å². The number of thiazole rings is 1. The first kappa shape index (κ1) is 11.4. The summed E-state index contributed by atoms with van der Waals surface area (Å²) in [4.78, 5) is 6.78. The van der Waals surface area contributed by atoms with Crippen molar-refractivity contribution < 1.29 is 4.39 Å². The van der Waals surface area contributed by atoms with Crippen LogP contribution in [0.3, 0.4) is 0 Å². The number of aryl methyl sites for hydroxylation is 3. The van der Waals surface area contributed by atoms with Gasteiger partial charge in [0.1, 0.15) is 5.82 Å². The number of rotatable bonds is 1. The topological polar surface area (TPSA) is 17.3 Å². The fraction of sp³-hybridized carbons (Fsp3) is 0.214. The van der Waals surface area contributed by atoms with Gasteiger partial charge in [0.05, 0.1) is 11.4 Å². The van der Waals surface area contributed by atoms with Gasteiger partial charge < -0.3 is 0 Å². The van der Waals surface area contributed by atoms with Crippen LogP contribution in [-0.2, 0) is 0 Å². The van der Waals surface area contributed by atoms with Crippen molar-refractivity contribution in [2.24, 2.45) is 0 Å². The van der Waals surface area contributed by atoms with E-state index in [1.807, 2.05) is 13.0 Å². The zero-order valence-electron chi connectivity index (χ0n) is 10.5. The number of hydrogen-bond donors (Lipinski definition) is 0. The average molecular weight is 260 g/mol. The fourth-order valence-electron chi connectivity index (χ4n) is 2.23. The minimum atomic E-state index is -0.216. The number of halogens is 1. The predicted molar refractivity (Wildman–Crippen MR) is 72.7 cm³/mol. The van der Waals surface area contributed by atoms with E-state index in [4.69, 9.17) is 0 Å². The summed E-state index contributed by atoms with van der Waals surface area (Å²) in [5, 5.41) is 0. The molecule has 2 heterocycles. The second-order valence-corrected chi connectivity index (χ2v) is 5.60. The summed E-state index contributed by atoms with van der Waals surface area (Å²) in [6.45, 7) is 6.12. The number of imidazole rings is 1. The molecule has 0 unspecified atom stereocenters. The van der Waals surface area contributed by atoms with E-state index in [2.05, 4.69) is 23.2 Å². The van der Waals surface area contributed by atoms with Crippen molar-refractivity contribution in [1.29, 1.82) is 0 Å². The molecule has 3 rings (SSSR count). The van der Waals surface area contributed by atoms with Gasteiger partial charge in [0, 0.05) is 16.1 Å². The first-order valence-electron chi connectivity index (χ1n) is 5.79. The Morgan fingerprint density at radius 3 is 2.72 bits per heavy atom. The summed E-state index contributed by atoms with van der Waals surface area (Å²) in [7, 11) is 0. The van der Waals surface area contributed by atoms with Crippen molar-refractivity contribution in [2.45, 2.75) is 20.8 Å². The lowest BCUT2D eigenvalue weighted by Crippen LogP contribution is -1.91. The first-order chi connectivity index (χ1) is 8.58. The van der Waals surface area contributed by atoms with Crippen molar-refractivity contribution in [3.8, 4) is 11.3 Å². The number of fused-ring (bicyclic) bond motifs is 1. The van der Waals surface area contributed by atoms with Crippen molar-refractivity contribution in [1.82, 2.24) is 9.38 Å². The normalized spacial score (nSPS) is 11.3. The molecule has 0 aliphatic rings. The predicted octanol–water partition coefficient (Wildman–Crippen LogP) is 4.13. The van der Waals surface area contributed by atoms with Crippen LogP contribution in [0.1, 0.15) is 16.3 Å². The Bertz CT molecular complexity index is 740. The highest BCUT2D eigenvalue weighted by Gasteiger charge is 2.16. The van der Waals surface area contributed by atoms with E-state index in [9.17, 15) is 4.39 Å². The van der Waals surface area contributed by atoms with E-state index in [1.165, 1.54) is 16.6 Å². The van der Waals surface area contributed by atoms with E-state index in [0.29, 0.717) is 0 Å². The van der Waals surface area contributed by atoms with Crippen LogP contribution in [0, 0.1) is 26.6 Å². The minimum Gasteiger partial charge on any atom is -0.287 e. The zero-order chi connectivity index (χ0) is 12.9. The molecule has 92 valence electrons. The Balaban J connectivity index is 2.37. The van der Waals surface area contributed by atoms with E-state index in [-0.39, 0.29) is 5.82 Å². The second-order valence-electron chi connectivity index (χ2n) is 4.42. The Morgan fingerprint density at radius 2 is 2.00 bits per heavy atom. The van der Waals surface area contributed by atoms with Gasteiger partial charge >= 0.3 is 0 Å². The summed E-state index contributed by atoms with van der Waals surface area (Å²) in [6.07, 6.45) is 0. The SMILES string of the molecule is Cc1nc2sc(C)c(C)n2c1-c1cccc(F)c1. The van der Waals surface area contributed by atoms with Gasteiger partial charge in [-0.3, -0.25) is 4.40 Å². The van der Waals surface area contributed by atoms with Crippen LogP contribution < -0.4 is 0 Å². The quantitative estimate of drug-likeness (QED) is 0.643. The number of benzene rings is 1. The Hall–Kier alpha value is -1.68. The Kier molecular flexibility index (Phi) is 2.48. The Morgan fingerprint density at radius 1 is 1.22 bits per heavy atom. The monoisotopic (exact) mass is 260 g/mol. The first-order valence-corrected chi connectivity index (χ1v) is 6.60. The summed E-state index contributed by atoms with van der Waals surface area (Å²) < 4.78 is 15.5. The highest BCUT2D eigenvalue weighted by Crippen LogP contribution is 2.31.